The first-order valence-electron chi connectivity index (χ1n) is 7.27. The first kappa shape index (κ1) is 16.5. The van der Waals surface area contributed by atoms with Crippen molar-refractivity contribution in [3.8, 4) is 0 Å². The summed E-state index contributed by atoms with van der Waals surface area (Å²) in [6, 6.07) is 6.70. The van der Waals surface area contributed by atoms with Crippen LogP contribution in [-0.4, -0.2) is 14.1 Å². The lowest BCUT2D eigenvalue weighted by atomic mass is 9.85. The second-order valence-corrected chi connectivity index (χ2v) is 7.50. The molecule has 1 aromatic carbocycles. The molecule has 0 aliphatic heterocycles. The molecule has 2 rings (SSSR count). The van der Waals surface area contributed by atoms with E-state index in [4.69, 9.17) is 0 Å². The average molecular weight is 318 g/mol. The van der Waals surface area contributed by atoms with Crippen LogP contribution in [0.5, 0.6) is 0 Å². The maximum absolute atomic E-state index is 12.3. The summed E-state index contributed by atoms with van der Waals surface area (Å²) in [5, 5.41) is 4.14. The van der Waals surface area contributed by atoms with Crippen LogP contribution < -0.4 is 4.83 Å². The number of rotatable bonds is 4. The van der Waals surface area contributed by atoms with E-state index in [1.165, 1.54) is 0 Å². The lowest BCUT2D eigenvalue weighted by Gasteiger charge is -2.22. The molecule has 0 saturated heterocycles. The third-order valence-corrected chi connectivity index (χ3v) is 5.16. The second-order valence-electron chi connectivity index (χ2n) is 5.84. The molecule has 0 aromatic heterocycles. The predicted octanol–water partition coefficient (Wildman–Crippen LogP) is 3.56. The topological polar surface area (TPSA) is 58.5 Å². The molecule has 0 radical (unpaired) electrons. The highest BCUT2D eigenvalue weighted by atomic mass is 32.2. The molecular weight excluding hydrogens is 296 g/mol. The Morgan fingerprint density at radius 1 is 1.27 bits per heavy atom. The Hall–Kier alpha value is -1.88. The van der Waals surface area contributed by atoms with Crippen molar-refractivity contribution in [3.63, 3.8) is 0 Å². The van der Waals surface area contributed by atoms with E-state index in [1.807, 2.05) is 20.8 Å². The number of benzene rings is 1. The summed E-state index contributed by atoms with van der Waals surface area (Å²) in [7, 11) is -3.62. The fourth-order valence-electron chi connectivity index (χ4n) is 2.31. The van der Waals surface area contributed by atoms with Gasteiger partial charge >= 0.3 is 0 Å². The van der Waals surface area contributed by atoms with Crippen molar-refractivity contribution < 1.29 is 8.42 Å². The molecule has 1 N–H and O–H groups in total. The molecule has 118 valence electrons. The van der Waals surface area contributed by atoms with Crippen molar-refractivity contribution in [3.05, 3.63) is 53.6 Å². The van der Waals surface area contributed by atoms with Crippen molar-refractivity contribution in [1.82, 2.24) is 4.83 Å². The Morgan fingerprint density at radius 3 is 2.50 bits per heavy atom. The number of hydrazone groups is 1. The van der Waals surface area contributed by atoms with Crippen LogP contribution >= 0.6 is 0 Å². The molecule has 0 spiro atoms. The molecule has 1 aliphatic carbocycles. The van der Waals surface area contributed by atoms with Crippen molar-refractivity contribution in [1.29, 1.82) is 0 Å². The molecule has 4 nitrogen and oxygen atoms in total. The highest BCUT2D eigenvalue weighted by molar-refractivity contribution is 7.89. The molecule has 1 aliphatic rings. The monoisotopic (exact) mass is 318 g/mol. The van der Waals surface area contributed by atoms with E-state index < -0.39 is 10.0 Å². The fraction of sp³-hybridized carbons (Fsp3) is 0.353. The molecule has 0 unspecified atom stereocenters. The van der Waals surface area contributed by atoms with Gasteiger partial charge in [-0.15, -0.1) is 0 Å². The fourth-order valence-corrected chi connectivity index (χ4v) is 3.14. The maximum atomic E-state index is 12.3. The summed E-state index contributed by atoms with van der Waals surface area (Å²) in [5.41, 5.74) is 3.90. The molecule has 22 heavy (non-hydrogen) atoms. The standard InChI is InChI=1S/C17H22N2O2S/c1-12(2)15-8-7-14(4)17(11-15)18-19-22(20,21)16-9-5-13(3)6-10-16/h5-7,9-10,15,19H,1,8,11H2,2-4H3/b18-17+/t15-/m0/s1. The molecule has 5 heteroatoms. The molecule has 0 heterocycles. The van der Waals surface area contributed by atoms with Gasteiger partial charge in [0, 0.05) is 0 Å². The zero-order valence-electron chi connectivity index (χ0n) is 13.3. The van der Waals surface area contributed by atoms with Gasteiger partial charge in [0.1, 0.15) is 0 Å². The van der Waals surface area contributed by atoms with E-state index in [-0.39, 0.29) is 4.90 Å². The van der Waals surface area contributed by atoms with Gasteiger partial charge in [0.15, 0.2) is 0 Å². The van der Waals surface area contributed by atoms with Gasteiger partial charge in [0.2, 0.25) is 0 Å². The highest BCUT2D eigenvalue weighted by Crippen LogP contribution is 2.26. The Bertz CT molecular complexity index is 728. The van der Waals surface area contributed by atoms with Crippen LogP contribution in [0.15, 0.2) is 58.1 Å². The first-order valence-corrected chi connectivity index (χ1v) is 8.75. The minimum atomic E-state index is -3.62. The Kier molecular flexibility index (Phi) is 4.86. The molecular formula is C17H22N2O2S. The van der Waals surface area contributed by atoms with Crippen molar-refractivity contribution in [2.45, 2.75) is 38.5 Å². The molecule has 0 bridgehead atoms. The Labute approximate surface area is 132 Å². The van der Waals surface area contributed by atoms with Gasteiger partial charge in [-0.3, -0.25) is 0 Å². The van der Waals surface area contributed by atoms with Crippen molar-refractivity contribution in [2.75, 3.05) is 0 Å². The SMILES string of the molecule is C=C(C)[C@H]1CC=C(C)/C(=N/NS(=O)(=O)c2ccc(C)cc2)C1. The lowest BCUT2D eigenvalue weighted by molar-refractivity contribution is 0.583. The summed E-state index contributed by atoms with van der Waals surface area (Å²) in [6.45, 7) is 9.84. The van der Waals surface area contributed by atoms with Crippen LogP contribution in [0.3, 0.4) is 0 Å². The summed E-state index contributed by atoms with van der Waals surface area (Å²) in [5.74, 6) is 0.325. The van der Waals surface area contributed by atoms with Gasteiger partial charge in [-0.1, -0.05) is 35.9 Å². The van der Waals surface area contributed by atoms with Gasteiger partial charge in [-0.05, 0) is 57.2 Å². The van der Waals surface area contributed by atoms with Gasteiger partial charge in [-0.25, -0.2) is 0 Å². The summed E-state index contributed by atoms with van der Waals surface area (Å²) in [6.07, 6.45) is 3.74. The molecule has 1 atom stereocenters. The van der Waals surface area contributed by atoms with E-state index in [2.05, 4.69) is 22.6 Å². The average Bonchev–Trinajstić information content (AvgIpc) is 2.46. The number of allylic oxidation sites excluding steroid dienone is 3. The second kappa shape index (κ2) is 6.48. The van der Waals surface area contributed by atoms with E-state index in [1.54, 1.807) is 24.3 Å². The maximum Gasteiger partial charge on any atom is 0.276 e. The lowest BCUT2D eigenvalue weighted by Crippen LogP contribution is -2.23. The van der Waals surface area contributed by atoms with Crippen LogP contribution in [0.4, 0.5) is 0 Å². The van der Waals surface area contributed by atoms with Crippen LogP contribution in [0.2, 0.25) is 0 Å². The summed E-state index contributed by atoms with van der Waals surface area (Å²) >= 11 is 0. The largest absolute Gasteiger partial charge is 0.276 e. The zero-order valence-corrected chi connectivity index (χ0v) is 14.1. The summed E-state index contributed by atoms with van der Waals surface area (Å²) < 4.78 is 24.5. The molecule has 0 saturated carbocycles. The number of nitrogens with zero attached hydrogens (tertiary/aromatic N) is 1. The van der Waals surface area contributed by atoms with E-state index in [0.29, 0.717) is 12.3 Å². The quantitative estimate of drug-likeness (QED) is 0.681. The zero-order chi connectivity index (χ0) is 16.3. The number of sulfonamides is 1. The van der Waals surface area contributed by atoms with Crippen molar-refractivity contribution in [2.24, 2.45) is 11.0 Å². The van der Waals surface area contributed by atoms with E-state index in [9.17, 15) is 8.42 Å². The minimum Gasteiger partial charge on any atom is -0.200 e. The molecule has 0 fully saturated rings. The van der Waals surface area contributed by atoms with Crippen molar-refractivity contribution >= 4 is 15.7 Å². The third kappa shape index (κ3) is 3.85. The number of aryl methyl sites for hydroxylation is 1. The summed E-state index contributed by atoms with van der Waals surface area (Å²) in [4.78, 5) is 2.56. The van der Waals surface area contributed by atoms with Crippen LogP contribution in [-0.2, 0) is 10.0 Å². The van der Waals surface area contributed by atoms with Gasteiger partial charge < -0.3 is 0 Å². The van der Waals surface area contributed by atoms with Gasteiger partial charge in [0.25, 0.3) is 10.0 Å². The highest BCUT2D eigenvalue weighted by Gasteiger charge is 2.20. The minimum absolute atomic E-state index is 0.219. The van der Waals surface area contributed by atoms with Crippen LogP contribution in [0, 0.1) is 12.8 Å². The van der Waals surface area contributed by atoms with Crippen LogP contribution in [0.25, 0.3) is 0 Å². The van der Waals surface area contributed by atoms with Crippen LogP contribution in [0.1, 0.15) is 32.3 Å². The third-order valence-electron chi connectivity index (χ3n) is 3.93. The van der Waals surface area contributed by atoms with E-state index in [0.717, 1.165) is 28.8 Å². The van der Waals surface area contributed by atoms with Gasteiger partial charge in [-0.2, -0.15) is 18.4 Å². The number of hydrogen-bond acceptors (Lipinski definition) is 3. The predicted molar refractivity (Wildman–Crippen MR) is 90.2 cm³/mol. The van der Waals surface area contributed by atoms with E-state index >= 15 is 0 Å². The van der Waals surface area contributed by atoms with Gasteiger partial charge in [0.05, 0.1) is 10.6 Å². The normalized spacial score (nSPS) is 20.6. The Morgan fingerprint density at radius 2 is 1.91 bits per heavy atom. The Balaban J connectivity index is 2.19. The number of nitrogens with one attached hydrogen (secondary N) is 1. The first-order chi connectivity index (χ1) is 10.3. The molecule has 0 amide bonds. The number of hydrogen-bond donors (Lipinski definition) is 1. The smallest absolute Gasteiger partial charge is 0.200 e. The molecule has 1 aromatic rings.